The molecule has 2 N–H and O–H groups in total. The van der Waals surface area contributed by atoms with Crippen LogP contribution in [-0.2, 0) is 21.4 Å². The number of nitrogens with zero attached hydrogens (tertiary/aromatic N) is 1. The van der Waals surface area contributed by atoms with Gasteiger partial charge in [0.25, 0.3) is 0 Å². The normalized spacial score (nSPS) is 17.9. The second kappa shape index (κ2) is 7.71. The van der Waals surface area contributed by atoms with E-state index >= 15 is 0 Å². The average molecular weight is 325 g/mol. The first kappa shape index (κ1) is 16.9. The molecule has 2 rings (SSSR count). The molecule has 1 aliphatic rings. The van der Waals surface area contributed by atoms with Gasteiger partial charge >= 0.3 is 0 Å². The molecule has 1 atom stereocenters. The summed E-state index contributed by atoms with van der Waals surface area (Å²) in [4.78, 5) is 12.1. The Morgan fingerprint density at radius 3 is 2.55 bits per heavy atom. The maximum Gasteiger partial charge on any atom is 0.224 e. The van der Waals surface area contributed by atoms with Gasteiger partial charge in [-0.3, -0.25) is 4.79 Å². The maximum atomic E-state index is 12.3. The monoisotopic (exact) mass is 325 g/mol. The molecule has 0 aromatic heterocycles. The quantitative estimate of drug-likeness (QED) is 0.782. The molecule has 1 unspecified atom stereocenters. The number of benzene rings is 1. The van der Waals surface area contributed by atoms with Crippen LogP contribution in [0.3, 0.4) is 0 Å². The van der Waals surface area contributed by atoms with Crippen LogP contribution >= 0.6 is 0 Å². The van der Waals surface area contributed by atoms with E-state index in [2.05, 4.69) is 10.6 Å². The molecule has 0 bridgehead atoms. The highest BCUT2D eigenvalue weighted by molar-refractivity contribution is 7.89. The van der Waals surface area contributed by atoms with Crippen molar-refractivity contribution in [1.29, 1.82) is 0 Å². The van der Waals surface area contributed by atoms with Gasteiger partial charge in [-0.1, -0.05) is 37.3 Å². The lowest BCUT2D eigenvalue weighted by molar-refractivity contribution is -0.124. The summed E-state index contributed by atoms with van der Waals surface area (Å²) in [6.07, 6.45) is 0. The molecule has 1 amide bonds. The minimum absolute atomic E-state index is 0.145. The third-order valence-electron chi connectivity index (χ3n) is 3.69. The Kier molecular flexibility index (Phi) is 5.93. The van der Waals surface area contributed by atoms with E-state index in [1.807, 2.05) is 30.3 Å². The van der Waals surface area contributed by atoms with Crippen molar-refractivity contribution in [2.75, 3.05) is 31.9 Å². The third kappa shape index (κ3) is 4.79. The van der Waals surface area contributed by atoms with Crippen molar-refractivity contribution in [3.63, 3.8) is 0 Å². The summed E-state index contributed by atoms with van der Waals surface area (Å²) < 4.78 is 26.0. The van der Waals surface area contributed by atoms with E-state index < -0.39 is 15.9 Å². The first-order valence-electron chi connectivity index (χ1n) is 7.49. The van der Waals surface area contributed by atoms with Crippen LogP contribution in [-0.4, -0.2) is 50.6 Å². The topological polar surface area (TPSA) is 78.5 Å². The maximum absolute atomic E-state index is 12.3. The number of hydrogen-bond acceptors (Lipinski definition) is 4. The molecule has 0 aliphatic carbocycles. The minimum Gasteiger partial charge on any atom is -0.352 e. The lowest BCUT2D eigenvalue weighted by Crippen LogP contribution is -2.48. The SMILES string of the molecule is CC(CS(=O)(=O)N1CCNCC1)C(=O)NCc1ccccc1. The van der Waals surface area contributed by atoms with Gasteiger partial charge in [0.05, 0.1) is 11.7 Å². The van der Waals surface area contributed by atoms with E-state index in [0.717, 1.165) is 5.56 Å². The molecule has 1 aliphatic heterocycles. The predicted molar refractivity (Wildman–Crippen MR) is 85.7 cm³/mol. The summed E-state index contributed by atoms with van der Waals surface area (Å²) >= 11 is 0. The molecule has 1 fully saturated rings. The smallest absolute Gasteiger partial charge is 0.224 e. The van der Waals surface area contributed by atoms with E-state index in [-0.39, 0.29) is 11.7 Å². The van der Waals surface area contributed by atoms with E-state index in [9.17, 15) is 13.2 Å². The van der Waals surface area contributed by atoms with Crippen LogP contribution in [0.15, 0.2) is 30.3 Å². The molecule has 1 heterocycles. The Hall–Kier alpha value is -1.44. The Labute approximate surface area is 131 Å². The lowest BCUT2D eigenvalue weighted by Gasteiger charge is -2.27. The zero-order valence-electron chi connectivity index (χ0n) is 12.8. The second-order valence-corrected chi connectivity index (χ2v) is 7.55. The number of nitrogens with one attached hydrogen (secondary N) is 2. The fraction of sp³-hybridized carbons (Fsp3) is 0.533. The highest BCUT2D eigenvalue weighted by atomic mass is 32.2. The van der Waals surface area contributed by atoms with E-state index in [4.69, 9.17) is 0 Å². The van der Waals surface area contributed by atoms with Crippen molar-refractivity contribution in [2.24, 2.45) is 5.92 Å². The van der Waals surface area contributed by atoms with Crippen LogP contribution in [0.1, 0.15) is 12.5 Å². The molecule has 0 spiro atoms. The number of piperazine rings is 1. The average Bonchev–Trinajstić information content (AvgIpc) is 2.54. The van der Waals surface area contributed by atoms with Crippen LogP contribution in [0.5, 0.6) is 0 Å². The second-order valence-electron chi connectivity index (χ2n) is 5.53. The van der Waals surface area contributed by atoms with Crippen molar-refractivity contribution in [3.05, 3.63) is 35.9 Å². The molecule has 7 heteroatoms. The molecule has 0 saturated carbocycles. The van der Waals surface area contributed by atoms with Crippen LogP contribution in [0.25, 0.3) is 0 Å². The van der Waals surface area contributed by atoms with E-state index in [1.54, 1.807) is 6.92 Å². The summed E-state index contributed by atoms with van der Waals surface area (Å²) in [7, 11) is -3.38. The van der Waals surface area contributed by atoms with E-state index in [1.165, 1.54) is 4.31 Å². The van der Waals surface area contributed by atoms with E-state index in [0.29, 0.717) is 32.7 Å². The number of sulfonamides is 1. The molecule has 22 heavy (non-hydrogen) atoms. The van der Waals surface area contributed by atoms with Gasteiger partial charge < -0.3 is 10.6 Å². The standard InChI is InChI=1S/C15H23N3O3S/c1-13(12-22(20,21)18-9-7-16-8-10-18)15(19)17-11-14-5-3-2-4-6-14/h2-6,13,16H,7-12H2,1H3,(H,17,19). The molecule has 0 radical (unpaired) electrons. The first-order valence-corrected chi connectivity index (χ1v) is 9.10. The number of hydrogen-bond donors (Lipinski definition) is 2. The van der Waals surface area contributed by atoms with Crippen LogP contribution < -0.4 is 10.6 Å². The fourth-order valence-electron chi connectivity index (χ4n) is 2.38. The van der Waals surface area contributed by atoms with Crippen molar-refractivity contribution >= 4 is 15.9 Å². The third-order valence-corrected chi connectivity index (χ3v) is 5.76. The summed E-state index contributed by atoms with van der Waals surface area (Å²) in [5, 5.41) is 5.91. The lowest BCUT2D eigenvalue weighted by atomic mass is 10.2. The van der Waals surface area contributed by atoms with Gasteiger partial charge in [-0.05, 0) is 5.56 Å². The Morgan fingerprint density at radius 2 is 1.91 bits per heavy atom. The molecule has 6 nitrogen and oxygen atoms in total. The van der Waals surface area contributed by atoms with Crippen molar-refractivity contribution in [2.45, 2.75) is 13.5 Å². The molecular weight excluding hydrogens is 302 g/mol. The van der Waals surface area contributed by atoms with Gasteiger partial charge in [0.15, 0.2) is 0 Å². The molecular formula is C15H23N3O3S. The summed E-state index contributed by atoms with van der Waals surface area (Å²) in [5.41, 5.74) is 0.994. The van der Waals surface area contributed by atoms with Crippen molar-refractivity contribution < 1.29 is 13.2 Å². The van der Waals surface area contributed by atoms with Crippen LogP contribution in [0.2, 0.25) is 0 Å². The summed E-state index contributed by atoms with van der Waals surface area (Å²) in [6.45, 7) is 4.33. The largest absolute Gasteiger partial charge is 0.352 e. The van der Waals surface area contributed by atoms with Crippen molar-refractivity contribution in [1.82, 2.24) is 14.9 Å². The molecule has 1 aromatic rings. The number of carbonyl (C=O) groups excluding carboxylic acids is 1. The fourth-order valence-corrected chi connectivity index (χ4v) is 4.11. The highest BCUT2D eigenvalue weighted by Gasteiger charge is 2.28. The number of rotatable bonds is 6. The first-order chi connectivity index (χ1) is 10.5. The Bertz CT molecular complexity index is 583. The van der Waals surface area contributed by atoms with Gasteiger partial charge in [-0.2, -0.15) is 4.31 Å². The number of carbonyl (C=O) groups is 1. The molecule has 1 aromatic carbocycles. The number of amides is 1. The van der Waals surface area contributed by atoms with Gasteiger partial charge in [0, 0.05) is 32.7 Å². The summed E-state index contributed by atoms with van der Waals surface area (Å²) in [5.74, 6) is -0.945. The Morgan fingerprint density at radius 1 is 1.27 bits per heavy atom. The van der Waals surface area contributed by atoms with Gasteiger partial charge in [-0.15, -0.1) is 0 Å². The van der Waals surface area contributed by atoms with Crippen LogP contribution in [0, 0.1) is 5.92 Å². The molecule has 1 saturated heterocycles. The minimum atomic E-state index is -3.38. The zero-order chi connectivity index (χ0) is 16.0. The Balaban J connectivity index is 1.85. The van der Waals surface area contributed by atoms with Gasteiger partial charge in [-0.25, -0.2) is 8.42 Å². The van der Waals surface area contributed by atoms with Gasteiger partial charge in [0.2, 0.25) is 15.9 Å². The zero-order valence-corrected chi connectivity index (χ0v) is 13.6. The molecule has 122 valence electrons. The highest BCUT2D eigenvalue weighted by Crippen LogP contribution is 2.09. The van der Waals surface area contributed by atoms with Gasteiger partial charge in [0.1, 0.15) is 0 Å². The van der Waals surface area contributed by atoms with Crippen LogP contribution in [0.4, 0.5) is 0 Å². The summed E-state index contributed by atoms with van der Waals surface area (Å²) in [6, 6.07) is 9.55. The predicted octanol–water partition coefficient (Wildman–Crippen LogP) is 0.174. The van der Waals surface area contributed by atoms with Crippen molar-refractivity contribution in [3.8, 4) is 0 Å².